The van der Waals surface area contributed by atoms with E-state index in [9.17, 15) is 9.59 Å². The number of methoxy groups -OCH3 is 1. The van der Waals surface area contributed by atoms with Gasteiger partial charge in [0.05, 0.1) is 32.1 Å². The highest BCUT2D eigenvalue weighted by molar-refractivity contribution is 6.30. The number of morpholine rings is 1. The molecule has 0 spiro atoms. The van der Waals surface area contributed by atoms with Gasteiger partial charge in [-0.3, -0.25) is 9.69 Å². The number of carbonyl (C=O) groups is 2. The number of amides is 3. The van der Waals surface area contributed by atoms with E-state index in [4.69, 9.17) is 26.2 Å². The van der Waals surface area contributed by atoms with Gasteiger partial charge in [0.15, 0.2) is 0 Å². The fraction of sp³-hybridized carbons (Fsp3) is 0.464. The van der Waals surface area contributed by atoms with Crippen LogP contribution in [-0.4, -0.2) is 91.5 Å². The zero-order valence-corrected chi connectivity index (χ0v) is 23.0. The van der Waals surface area contributed by atoms with Crippen LogP contribution in [0, 0.1) is 0 Å². The van der Waals surface area contributed by atoms with E-state index in [1.165, 1.54) is 5.01 Å². The Balaban J connectivity index is 1.55. The molecular weight excluding hydrogens is 506 g/mol. The summed E-state index contributed by atoms with van der Waals surface area (Å²) in [6, 6.07) is 14.5. The molecule has 0 aromatic heterocycles. The van der Waals surface area contributed by atoms with E-state index < -0.39 is 0 Å². The molecule has 2 heterocycles. The molecule has 4 rings (SSSR count). The molecule has 9 nitrogen and oxygen atoms in total. The van der Waals surface area contributed by atoms with E-state index in [0.29, 0.717) is 37.7 Å². The third-order valence-electron chi connectivity index (χ3n) is 6.66. The smallest absolute Gasteiger partial charge is 0.318 e. The van der Waals surface area contributed by atoms with Crippen LogP contribution in [0.25, 0.3) is 0 Å². The van der Waals surface area contributed by atoms with Crippen LogP contribution in [-0.2, 0) is 9.53 Å². The average molecular weight is 542 g/mol. The van der Waals surface area contributed by atoms with Crippen LogP contribution in [0.15, 0.2) is 53.6 Å². The van der Waals surface area contributed by atoms with Crippen molar-refractivity contribution >= 4 is 29.3 Å². The summed E-state index contributed by atoms with van der Waals surface area (Å²) in [6.45, 7) is 7.81. The van der Waals surface area contributed by atoms with E-state index in [-0.39, 0.29) is 30.6 Å². The number of urea groups is 1. The van der Waals surface area contributed by atoms with Crippen molar-refractivity contribution in [1.82, 2.24) is 20.1 Å². The Morgan fingerprint density at radius 2 is 1.82 bits per heavy atom. The van der Waals surface area contributed by atoms with Gasteiger partial charge in [-0.05, 0) is 61.4 Å². The van der Waals surface area contributed by atoms with Gasteiger partial charge >= 0.3 is 6.03 Å². The maximum Gasteiger partial charge on any atom is 0.318 e. The van der Waals surface area contributed by atoms with E-state index >= 15 is 0 Å². The van der Waals surface area contributed by atoms with Crippen LogP contribution >= 0.6 is 11.6 Å². The van der Waals surface area contributed by atoms with Crippen LogP contribution in [0.4, 0.5) is 4.79 Å². The van der Waals surface area contributed by atoms with Crippen molar-refractivity contribution in [2.24, 2.45) is 5.10 Å². The van der Waals surface area contributed by atoms with Crippen molar-refractivity contribution < 1.29 is 19.1 Å². The second-order valence-corrected chi connectivity index (χ2v) is 10.2. The van der Waals surface area contributed by atoms with Crippen LogP contribution in [0.5, 0.6) is 5.75 Å². The number of hydrogen-bond donors (Lipinski definition) is 1. The number of ether oxygens (including phenoxy) is 2. The molecular formula is C28H36ClN5O4. The Morgan fingerprint density at radius 3 is 2.45 bits per heavy atom. The Kier molecular flexibility index (Phi) is 9.60. The second-order valence-electron chi connectivity index (χ2n) is 9.76. The van der Waals surface area contributed by atoms with Gasteiger partial charge in [-0.2, -0.15) is 5.10 Å². The number of nitrogens with one attached hydrogen (secondary N) is 1. The SMILES string of the molecule is COc1ccc(C2=NN(C(=O)CN(CCN3CCOCC3)C(=O)NC(C)C)C(c3ccc(Cl)cc3)C2)cc1. The maximum atomic E-state index is 13.7. The average Bonchev–Trinajstić information content (AvgIpc) is 3.37. The third-order valence-corrected chi connectivity index (χ3v) is 6.91. The van der Waals surface area contributed by atoms with Crippen molar-refractivity contribution in [3.63, 3.8) is 0 Å². The summed E-state index contributed by atoms with van der Waals surface area (Å²) in [6.07, 6.45) is 0.547. The molecule has 2 aliphatic rings. The number of hydrogen-bond acceptors (Lipinski definition) is 6. The summed E-state index contributed by atoms with van der Waals surface area (Å²) in [5.74, 6) is 0.510. The molecule has 0 bridgehead atoms. The largest absolute Gasteiger partial charge is 0.497 e. The van der Waals surface area contributed by atoms with E-state index in [0.717, 1.165) is 35.7 Å². The Hall–Kier alpha value is -3.14. The van der Waals surface area contributed by atoms with Gasteiger partial charge in [-0.1, -0.05) is 23.7 Å². The first-order chi connectivity index (χ1) is 18.3. The van der Waals surface area contributed by atoms with Crippen LogP contribution in [0.2, 0.25) is 5.02 Å². The fourth-order valence-corrected chi connectivity index (χ4v) is 4.68. The minimum atomic E-state index is -0.300. The van der Waals surface area contributed by atoms with Crippen molar-refractivity contribution in [1.29, 1.82) is 0 Å². The van der Waals surface area contributed by atoms with E-state index in [2.05, 4.69) is 10.2 Å². The molecule has 2 aromatic carbocycles. The number of rotatable bonds is 9. The van der Waals surface area contributed by atoms with Crippen LogP contribution in [0.3, 0.4) is 0 Å². The minimum absolute atomic E-state index is 0.0446. The van der Waals surface area contributed by atoms with Crippen molar-refractivity contribution in [2.45, 2.75) is 32.4 Å². The Labute approximate surface area is 229 Å². The number of carbonyl (C=O) groups excluding carboxylic acids is 2. The van der Waals surface area contributed by atoms with Gasteiger partial charge in [0.1, 0.15) is 12.3 Å². The zero-order chi connectivity index (χ0) is 27.1. The van der Waals surface area contributed by atoms with E-state index in [1.807, 2.05) is 62.4 Å². The van der Waals surface area contributed by atoms with E-state index in [1.54, 1.807) is 12.0 Å². The molecule has 1 atom stereocenters. The maximum absolute atomic E-state index is 13.7. The van der Waals surface area contributed by atoms with Crippen molar-refractivity contribution in [2.75, 3.05) is 53.0 Å². The highest BCUT2D eigenvalue weighted by atomic mass is 35.5. The fourth-order valence-electron chi connectivity index (χ4n) is 4.56. The lowest BCUT2D eigenvalue weighted by Gasteiger charge is -2.31. The second kappa shape index (κ2) is 13.1. The summed E-state index contributed by atoms with van der Waals surface area (Å²) in [5, 5.41) is 9.84. The normalized spacial score (nSPS) is 17.9. The predicted octanol–water partition coefficient (Wildman–Crippen LogP) is 3.78. The summed E-state index contributed by atoms with van der Waals surface area (Å²) in [5.41, 5.74) is 2.65. The standard InChI is InChI=1S/C28H36ClN5O4/c1-20(2)30-28(36)33(13-12-32-14-16-38-17-15-32)19-27(35)34-26(22-4-8-23(29)9-5-22)18-25(31-34)21-6-10-24(37-3)11-7-21/h4-11,20,26H,12-19H2,1-3H3,(H,30,36). The highest BCUT2D eigenvalue weighted by Crippen LogP contribution is 2.34. The lowest BCUT2D eigenvalue weighted by molar-refractivity contribution is -0.133. The van der Waals surface area contributed by atoms with Crippen molar-refractivity contribution in [3.8, 4) is 5.75 Å². The molecule has 0 aliphatic carbocycles. The quantitative estimate of drug-likeness (QED) is 0.522. The molecule has 0 saturated carbocycles. The third kappa shape index (κ3) is 7.24. The highest BCUT2D eigenvalue weighted by Gasteiger charge is 2.34. The first kappa shape index (κ1) is 27.9. The molecule has 10 heteroatoms. The monoisotopic (exact) mass is 541 g/mol. The molecule has 1 N–H and O–H groups in total. The van der Waals surface area contributed by atoms with Gasteiger partial charge in [-0.25, -0.2) is 9.80 Å². The first-order valence-electron chi connectivity index (χ1n) is 13.0. The summed E-state index contributed by atoms with van der Waals surface area (Å²) < 4.78 is 10.7. The molecule has 1 saturated heterocycles. The first-order valence-corrected chi connectivity index (χ1v) is 13.4. The van der Waals surface area contributed by atoms with Gasteiger partial charge < -0.3 is 19.7 Å². The predicted molar refractivity (Wildman–Crippen MR) is 148 cm³/mol. The Bertz CT molecular complexity index is 1120. The number of hydrazone groups is 1. The van der Waals surface area contributed by atoms with Gasteiger partial charge in [0.25, 0.3) is 5.91 Å². The lowest BCUT2D eigenvalue weighted by Crippen LogP contribution is -2.50. The van der Waals surface area contributed by atoms with Crippen LogP contribution in [0.1, 0.15) is 37.4 Å². The summed E-state index contributed by atoms with van der Waals surface area (Å²) in [7, 11) is 1.62. The molecule has 1 unspecified atom stereocenters. The number of halogens is 1. The summed E-state index contributed by atoms with van der Waals surface area (Å²) in [4.78, 5) is 30.6. The van der Waals surface area contributed by atoms with Crippen LogP contribution < -0.4 is 10.1 Å². The topological polar surface area (TPSA) is 86.7 Å². The number of benzene rings is 2. The minimum Gasteiger partial charge on any atom is -0.497 e. The summed E-state index contributed by atoms with van der Waals surface area (Å²) >= 11 is 6.13. The lowest BCUT2D eigenvalue weighted by atomic mass is 9.98. The zero-order valence-electron chi connectivity index (χ0n) is 22.2. The van der Waals surface area contributed by atoms with Gasteiger partial charge in [0, 0.05) is 43.7 Å². The van der Waals surface area contributed by atoms with Crippen molar-refractivity contribution in [3.05, 3.63) is 64.7 Å². The molecule has 38 heavy (non-hydrogen) atoms. The molecule has 2 aromatic rings. The molecule has 204 valence electrons. The molecule has 3 amide bonds. The number of nitrogens with zero attached hydrogens (tertiary/aromatic N) is 4. The molecule has 1 fully saturated rings. The van der Waals surface area contributed by atoms with Gasteiger partial charge in [0.2, 0.25) is 0 Å². The Morgan fingerprint density at radius 1 is 1.13 bits per heavy atom. The molecule has 2 aliphatic heterocycles. The molecule has 0 radical (unpaired) electrons. The van der Waals surface area contributed by atoms with Gasteiger partial charge in [-0.15, -0.1) is 0 Å².